The number of rotatable bonds is 1. The number of amides is 1. The minimum Gasteiger partial charge on any atom is -0.444 e. The van der Waals surface area contributed by atoms with Crippen LogP contribution in [0.4, 0.5) is 4.79 Å². The number of hydrogen-bond donors (Lipinski definition) is 1. The molecular formula is C14H20ClN3O2. The molecule has 1 aromatic rings. The van der Waals surface area contributed by atoms with Gasteiger partial charge in [-0.2, -0.15) is 0 Å². The molecule has 1 N–H and O–H groups in total. The summed E-state index contributed by atoms with van der Waals surface area (Å²) in [6.45, 7) is 7.51. The van der Waals surface area contributed by atoms with Gasteiger partial charge >= 0.3 is 6.09 Å². The van der Waals surface area contributed by atoms with Crippen molar-refractivity contribution in [1.29, 1.82) is 0 Å². The van der Waals surface area contributed by atoms with Crippen molar-refractivity contribution in [2.24, 2.45) is 0 Å². The Kier molecular flexibility index (Phi) is 4.50. The predicted octanol–water partition coefficient (Wildman–Crippen LogP) is 2.62. The molecule has 6 heteroatoms. The van der Waals surface area contributed by atoms with Crippen molar-refractivity contribution in [3.05, 3.63) is 29.0 Å². The zero-order chi connectivity index (χ0) is 14.8. The summed E-state index contributed by atoms with van der Waals surface area (Å²) in [6.07, 6.45) is 3.08. The third-order valence-electron chi connectivity index (χ3n) is 2.96. The Balaban J connectivity index is 2.03. The Labute approximate surface area is 124 Å². The molecule has 1 saturated heterocycles. The molecule has 0 bridgehead atoms. The van der Waals surface area contributed by atoms with E-state index in [-0.39, 0.29) is 12.1 Å². The Morgan fingerprint density at radius 1 is 1.50 bits per heavy atom. The average Bonchev–Trinajstić information content (AvgIpc) is 2.37. The van der Waals surface area contributed by atoms with E-state index in [0.717, 1.165) is 12.1 Å². The molecule has 20 heavy (non-hydrogen) atoms. The van der Waals surface area contributed by atoms with E-state index in [1.807, 2.05) is 26.8 Å². The molecule has 0 aromatic carbocycles. The predicted molar refractivity (Wildman–Crippen MR) is 77.8 cm³/mol. The third-order valence-corrected chi connectivity index (χ3v) is 3.16. The van der Waals surface area contributed by atoms with Crippen LogP contribution in [0.2, 0.25) is 5.02 Å². The van der Waals surface area contributed by atoms with Gasteiger partial charge in [0.1, 0.15) is 5.60 Å². The van der Waals surface area contributed by atoms with Crippen LogP contribution < -0.4 is 5.32 Å². The van der Waals surface area contributed by atoms with Crippen molar-refractivity contribution in [1.82, 2.24) is 15.2 Å². The van der Waals surface area contributed by atoms with Gasteiger partial charge in [-0.05, 0) is 32.4 Å². The van der Waals surface area contributed by atoms with Gasteiger partial charge in [-0.1, -0.05) is 11.6 Å². The molecule has 0 spiro atoms. The van der Waals surface area contributed by atoms with E-state index in [1.165, 1.54) is 0 Å². The summed E-state index contributed by atoms with van der Waals surface area (Å²) in [7, 11) is 0. The Hall–Kier alpha value is -1.33. The number of hydrogen-bond acceptors (Lipinski definition) is 4. The van der Waals surface area contributed by atoms with E-state index in [2.05, 4.69) is 10.3 Å². The van der Waals surface area contributed by atoms with E-state index in [9.17, 15) is 4.79 Å². The molecule has 1 aliphatic heterocycles. The first-order chi connectivity index (χ1) is 9.35. The molecule has 1 amide bonds. The van der Waals surface area contributed by atoms with Crippen LogP contribution in [0.3, 0.4) is 0 Å². The van der Waals surface area contributed by atoms with Gasteiger partial charge in [0, 0.05) is 32.0 Å². The van der Waals surface area contributed by atoms with Crippen LogP contribution in [-0.2, 0) is 4.74 Å². The van der Waals surface area contributed by atoms with Gasteiger partial charge in [-0.25, -0.2) is 4.79 Å². The molecule has 5 nitrogen and oxygen atoms in total. The molecule has 1 aliphatic rings. The first-order valence-corrected chi connectivity index (χ1v) is 7.05. The summed E-state index contributed by atoms with van der Waals surface area (Å²) in [5.74, 6) is 0. The van der Waals surface area contributed by atoms with Gasteiger partial charge in [-0.3, -0.25) is 4.98 Å². The first-order valence-electron chi connectivity index (χ1n) is 6.67. The maximum absolute atomic E-state index is 12.1. The number of aromatic nitrogens is 1. The summed E-state index contributed by atoms with van der Waals surface area (Å²) >= 11 is 5.95. The second kappa shape index (κ2) is 5.97. The molecule has 1 fully saturated rings. The second-order valence-corrected chi connectivity index (χ2v) is 6.31. The Morgan fingerprint density at radius 2 is 2.25 bits per heavy atom. The molecular weight excluding hydrogens is 278 g/mol. The Bertz CT molecular complexity index is 488. The van der Waals surface area contributed by atoms with Gasteiger partial charge in [0.2, 0.25) is 0 Å². The van der Waals surface area contributed by atoms with Gasteiger partial charge in [0.25, 0.3) is 0 Å². The Morgan fingerprint density at radius 3 is 2.90 bits per heavy atom. The summed E-state index contributed by atoms with van der Waals surface area (Å²) in [5.41, 5.74) is 0.500. The number of carbonyl (C=O) groups is 1. The van der Waals surface area contributed by atoms with E-state index < -0.39 is 5.60 Å². The smallest absolute Gasteiger partial charge is 0.410 e. The normalized spacial score (nSPS) is 19.8. The summed E-state index contributed by atoms with van der Waals surface area (Å²) in [5, 5.41) is 3.96. The quantitative estimate of drug-likeness (QED) is 0.866. The van der Waals surface area contributed by atoms with Crippen LogP contribution in [0.5, 0.6) is 0 Å². The molecule has 0 saturated carbocycles. The highest BCUT2D eigenvalue weighted by atomic mass is 35.5. The van der Waals surface area contributed by atoms with Crippen molar-refractivity contribution in [2.45, 2.75) is 32.4 Å². The monoisotopic (exact) mass is 297 g/mol. The van der Waals surface area contributed by atoms with Gasteiger partial charge in [0.15, 0.2) is 0 Å². The van der Waals surface area contributed by atoms with Crippen LogP contribution in [0.25, 0.3) is 0 Å². The highest BCUT2D eigenvalue weighted by molar-refractivity contribution is 6.30. The number of ether oxygens (including phenoxy) is 1. The van der Waals surface area contributed by atoms with E-state index in [0.29, 0.717) is 18.1 Å². The van der Waals surface area contributed by atoms with Crippen LogP contribution in [0, 0.1) is 0 Å². The number of pyridine rings is 1. The van der Waals surface area contributed by atoms with Crippen molar-refractivity contribution in [2.75, 3.05) is 19.6 Å². The molecule has 0 aliphatic carbocycles. The molecule has 2 heterocycles. The van der Waals surface area contributed by atoms with Crippen molar-refractivity contribution in [3.63, 3.8) is 0 Å². The summed E-state index contributed by atoms with van der Waals surface area (Å²) in [6, 6.07) is 1.90. The van der Waals surface area contributed by atoms with Crippen LogP contribution in [0.15, 0.2) is 18.5 Å². The highest BCUT2D eigenvalue weighted by Gasteiger charge is 2.28. The third kappa shape index (κ3) is 4.08. The lowest BCUT2D eigenvalue weighted by atomic mass is 10.1. The number of halogens is 1. The fourth-order valence-electron chi connectivity index (χ4n) is 2.08. The minimum absolute atomic E-state index is 0.0301. The molecule has 1 aromatic heterocycles. The maximum atomic E-state index is 12.1. The lowest BCUT2D eigenvalue weighted by molar-refractivity contribution is 0.0195. The zero-order valence-corrected chi connectivity index (χ0v) is 12.8. The SMILES string of the molecule is CC(C)(C)OC(=O)N1CCNC(c2cncc(Cl)c2)C1. The standard InChI is InChI=1S/C14H20ClN3O2/c1-14(2,3)20-13(19)18-5-4-17-12(9-18)10-6-11(15)8-16-7-10/h6-8,12,17H,4-5,9H2,1-3H3. The largest absolute Gasteiger partial charge is 0.444 e. The van der Waals surface area contributed by atoms with Crippen molar-refractivity contribution >= 4 is 17.7 Å². The maximum Gasteiger partial charge on any atom is 0.410 e. The zero-order valence-electron chi connectivity index (χ0n) is 12.0. The summed E-state index contributed by atoms with van der Waals surface area (Å²) < 4.78 is 5.40. The molecule has 110 valence electrons. The average molecular weight is 298 g/mol. The fourth-order valence-corrected chi connectivity index (χ4v) is 2.27. The number of nitrogens with zero attached hydrogens (tertiary/aromatic N) is 2. The van der Waals surface area contributed by atoms with Crippen LogP contribution in [-0.4, -0.2) is 41.2 Å². The second-order valence-electron chi connectivity index (χ2n) is 5.87. The van der Waals surface area contributed by atoms with Gasteiger partial charge in [-0.15, -0.1) is 0 Å². The van der Waals surface area contributed by atoms with E-state index in [4.69, 9.17) is 16.3 Å². The molecule has 0 radical (unpaired) electrons. The number of piperazine rings is 1. The van der Waals surface area contributed by atoms with Crippen molar-refractivity contribution in [3.8, 4) is 0 Å². The molecule has 2 rings (SSSR count). The van der Waals surface area contributed by atoms with Gasteiger partial charge in [0.05, 0.1) is 11.1 Å². The van der Waals surface area contributed by atoms with Crippen LogP contribution in [0.1, 0.15) is 32.4 Å². The lowest BCUT2D eigenvalue weighted by Crippen LogP contribution is -2.49. The first kappa shape index (κ1) is 15.1. The molecule has 1 unspecified atom stereocenters. The van der Waals surface area contributed by atoms with Gasteiger partial charge < -0.3 is 15.0 Å². The highest BCUT2D eigenvalue weighted by Crippen LogP contribution is 2.20. The van der Waals surface area contributed by atoms with Crippen molar-refractivity contribution < 1.29 is 9.53 Å². The fraction of sp³-hybridized carbons (Fsp3) is 0.571. The number of carbonyl (C=O) groups excluding carboxylic acids is 1. The van der Waals surface area contributed by atoms with Crippen LogP contribution >= 0.6 is 11.6 Å². The number of nitrogens with one attached hydrogen (secondary N) is 1. The lowest BCUT2D eigenvalue weighted by Gasteiger charge is -2.35. The summed E-state index contributed by atoms with van der Waals surface area (Å²) in [4.78, 5) is 17.9. The van der Waals surface area contributed by atoms with E-state index in [1.54, 1.807) is 17.3 Å². The minimum atomic E-state index is -0.477. The molecule has 1 atom stereocenters. The van der Waals surface area contributed by atoms with E-state index >= 15 is 0 Å². The topological polar surface area (TPSA) is 54.5 Å².